The maximum absolute atomic E-state index is 14.9. The van der Waals surface area contributed by atoms with Crippen molar-refractivity contribution in [3.8, 4) is 11.1 Å². The Kier molecular flexibility index (Phi) is 4.49. The first-order chi connectivity index (χ1) is 13.7. The van der Waals surface area contributed by atoms with Crippen LogP contribution in [-0.2, 0) is 4.74 Å². The van der Waals surface area contributed by atoms with Gasteiger partial charge in [0.2, 0.25) is 0 Å². The highest BCUT2D eigenvalue weighted by atomic mass is 35.5. The topological polar surface area (TPSA) is 71.0 Å². The number of halogens is 2. The van der Waals surface area contributed by atoms with Gasteiger partial charge in [-0.3, -0.25) is 9.58 Å². The van der Waals surface area contributed by atoms with E-state index < -0.39 is 6.17 Å². The zero-order valence-electron chi connectivity index (χ0n) is 15.5. The third kappa shape index (κ3) is 2.87. The molecule has 5 heterocycles. The van der Waals surface area contributed by atoms with E-state index in [4.69, 9.17) is 16.3 Å². The quantitative estimate of drug-likeness (QED) is 0.699. The van der Waals surface area contributed by atoms with Gasteiger partial charge >= 0.3 is 0 Å². The first kappa shape index (κ1) is 17.9. The van der Waals surface area contributed by atoms with Crippen molar-refractivity contribution in [3.05, 3.63) is 29.8 Å². The van der Waals surface area contributed by atoms with Gasteiger partial charge in [-0.1, -0.05) is 11.6 Å². The van der Waals surface area contributed by atoms with E-state index in [1.54, 1.807) is 23.3 Å². The van der Waals surface area contributed by atoms with Crippen LogP contribution >= 0.6 is 11.6 Å². The number of nitrogens with one attached hydrogen (secondary N) is 2. The fraction of sp³-hybridized carbons (Fsp3) is 0.474. The molecule has 9 heteroatoms. The van der Waals surface area contributed by atoms with Crippen LogP contribution in [0.3, 0.4) is 0 Å². The number of nitrogens with zero attached hydrogens (tertiary/aromatic N) is 4. The Morgan fingerprint density at radius 3 is 2.93 bits per heavy atom. The number of H-pyrrole nitrogens is 1. The van der Waals surface area contributed by atoms with E-state index >= 15 is 0 Å². The van der Waals surface area contributed by atoms with Crippen molar-refractivity contribution in [1.82, 2.24) is 24.6 Å². The number of hydrogen-bond donors (Lipinski definition) is 2. The lowest BCUT2D eigenvalue weighted by molar-refractivity contribution is -0.0847. The number of hydrogen-bond acceptors (Lipinski definition) is 5. The molecule has 0 saturated carbocycles. The number of ether oxygens (including phenoxy) is 1. The summed E-state index contributed by atoms with van der Waals surface area (Å²) in [4.78, 5) is 9.71. The minimum Gasteiger partial charge on any atom is -0.387 e. The second-order valence-electron chi connectivity index (χ2n) is 7.42. The van der Waals surface area contributed by atoms with E-state index in [0.717, 1.165) is 40.8 Å². The van der Waals surface area contributed by atoms with Crippen LogP contribution in [0.15, 0.2) is 24.8 Å². The number of alkyl halides is 1. The second-order valence-corrected chi connectivity index (χ2v) is 7.83. The van der Waals surface area contributed by atoms with Gasteiger partial charge in [-0.2, -0.15) is 5.10 Å². The molecule has 148 valence electrons. The van der Waals surface area contributed by atoms with E-state index in [2.05, 4.69) is 25.3 Å². The van der Waals surface area contributed by atoms with Crippen molar-refractivity contribution >= 4 is 28.3 Å². The summed E-state index contributed by atoms with van der Waals surface area (Å²) in [7, 11) is 1.85. The van der Waals surface area contributed by atoms with Crippen molar-refractivity contribution in [3.63, 3.8) is 0 Å². The number of piperidine rings is 1. The van der Waals surface area contributed by atoms with Crippen molar-refractivity contribution in [2.24, 2.45) is 0 Å². The number of rotatable bonds is 4. The molecular formula is C19H22ClFN6O. The Hall–Kier alpha value is -2.16. The summed E-state index contributed by atoms with van der Waals surface area (Å²) < 4.78 is 21.9. The van der Waals surface area contributed by atoms with E-state index in [-0.39, 0.29) is 6.04 Å². The van der Waals surface area contributed by atoms with Gasteiger partial charge in [0.1, 0.15) is 11.8 Å². The predicted octanol–water partition coefficient (Wildman–Crippen LogP) is 3.11. The predicted molar refractivity (Wildman–Crippen MR) is 107 cm³/mol. The van der Waals surface area contributed by atoms with Gasteiger partial charge in [-0.05, 0) is 6.42 Å². The molecule has 2 N–H and O–H groups in total. The van der Waals surface area contributed by atoms with Crippen LogP contribution in [0.4, 0.5) is 10.1 Å². The van der Waals surface area contributed by atoms with E-state index in [9.17, 15) is 4.39 Å². The third-order valence-electron chi connectivity index (χ3n) is 5.83. The highest BCUT2D eigenvalue weighted by Gasteiger charge is 2.36. The molecule has 28 heavy (non-hydrogen) atoms. The molecular weight excluding hydrogens is 383 g/mol. The maximum atomic E-state index is 14.9. The Morgan fingerprint density at radius 1 is 1.36 bits per heavy atom. The van der Waals surface area contributed by atoms with Crippen molar-refractivity contribution in [1.29, 1.82) is 0 Å². The maximum Gasteiger partial charge on any atom is 0.140 e. The SMILES string of the molecule is CNc1c(-c2cnn([C@H]3CCN(C4COC4)C[C@@H]3F)c2)cnc2[nH]cc(Cl)c12. The zero-order chi connectivity index (χ0) is 19.3. The van der Waals surface area contributed by atoms with Crippen LogP contribution in [0.1, 0.15) is 12.5 Å². The van der Waals surface area contributed by atoms with Gasteiger partial charge in [-0.25, -0.2) is 9.37 Å². The van der Waals surface area contributed by atoms with E-state index in [1.807, 2.05) is 13.2 Å². The van der Waals surface area contributed by atoms with Crippen LogP contribution < -0.4 is 5.32 Å². The lowest BCUT2D eigenvalue weighted by atomic mass is 10.0. The number of aromatic nitrogens is 4. The molecule has 2 saturated heterocycles. The molecule has 0 amide bonds. The minimum absolute atomic E-state index is 0.253. The third-order valence-corrected chi connectivity index (χ3v) is 6.13. The molecule has 2 aliphatic rings. The van der Waals surface area contributed by atoms with Gasteiger partial charge in [-0.15, -0.1) is 0 Å². The largest absolute Gasteiger partial charge is 0.387 e. The fourth-order valence-corrected chi connectivity index (χ4v) is 4.41. The molecule has 0 aromatic carbocycles. The Morgan fingerprint density at radius 2 is 2.21 bits per heavy atom. The summed E-state index contributed by atoms with van der Waals surface area (Å²) in [5.74, 6) is 0. The summed E-state index contributed by atoms with van der Waals surface area (Å²) in [5.41, 5.74) is 3.38. The number of anilines is 1. The van der Waals surface area contributed by atoms with E-state index in [1.165, 1.54) is 0 Å². The first-order valence-corrected chi connectivity index (χ1v) is 9.87. The first-order valence-electron chi connectivity index (χ1n) is 9.49. The van der Waals surface area contributed by atoms with Crippen molar-refractivity contribution in [2.75, 3.05) is 38.7 Å². The lowest BCUT2D eigenvalue weighted by Crippen LogP contribution is -2.55. The van der Waals surface area contributed by atoms with Crippen molar-refractivity contribution < 1.29 is 9.13 Å². The summed E-state index contributed by atoms with van der Waals surface area (Å²) in [6.45, 7) is 2.73. The highest BCUT2D eigenvalue weighted by molar-refractivity contribution is 6.36. The van der Waals surface area contributed by atoms with Gasteiger partial charge in [0.25, 0.3) is 0 Å². The monoisotopic (exact) mass is 404 g/mol. The molecule has 3 aromatic heterocycles. The molecule has 2 aliphatic heterocycles. The number of likely N-dealkylation sites (tertiary alicyclic amines) is 1. The van der Waals surface area contributed by atoms with Gasteiger partial charge in [0, 0.05) is 49.9 Å². The summed E-state index contributed by atoms with van der Waals surface area (Å²) in [5, 5.41) is 9.14. The number of fused-ring (bicyclic) bond motifs is 1. The smallest absolute Gasteiger partial charge is 0.140 e. The zero-order valence-corrected chi connectivity index (χ0v) is 16.3. The molecule has 3 aromatic rings. The standard InChI is InChI=1S/C19H22ClFN6O/c1-22-18-13(5-23-19-17(18)14(20)6-24-19)11-4-25-27(7-11)16-2-3-26(8-15(16)21)12-9-28-10-12/h4-7,12,15-16H,2-3,8-10H2,1H3,(H2,22,23,24)/t15-,16-/m0/s1. The molecule has 0 radical (unpaired) electrons. The summed E-state index contributed by atoms with van der Waals surface area (Å²) in [6.07, 6.45) is 6.97. The molecule has 0 aliphatic carbocycles. The highest BCUT2D eigenvalue weighted by Crippen LogP contribution is 2.37. The van der Waals surface area contributed by atoms with Crippen LogP contribution in [0.5, 0.6) is 0 Å². The Labute approximate surface area is 166 Å². The second kappa shape index (κ2) is 7.02. The minimum atomic E-state index is -0.953. The normalized spacial score (nSPS) is 23.8. The average molecular weight is 405 g/mol. The summed E-state index contributed by atoms with van der Waals surface area (Å²) >= 11 is 6.32. The number of pyridine rings is 1. The molecule has 0 bridgehead atoms. The lowest BCUT2D eigenvalue weighted by Gasteiger charge is -2.42. The van der Waals surface area contributed by atoms with E-state index in [0.29, 0.717) is 30.8 Å². The van der Waals surface area contributed by atoms with Crippen LogP contribution in [-0.4, -0.2) is 70.2 Å². The molecule has 5 rings (SSSR count). The Bertz CT molecular complexity index is 1000. The molecule has 2 atom stereocenters. The number of aromatic amines is 1. The van der Waals surface area contributed by atoms with Crippen LogP contribution in [0.2, 0.25) is 5.02 Å². The molecule has 7 nitrogen and oxygen atoms in total. The van der Waals surface area contributed by atoms with Crippen LogP contribution in [0.25, 0.3) is 22.2 Å². The summed E-state index contributed by atoms with van der Waals surface area (Å²) in [6, 6.07) is 0.117. The van der Waals surface area contributed by atoms with Crippen molar-refractivity contribution in [2.45, 2.75) is 24.7 Å². The Balaban J connectivity index is 1.42. The van der Waals surface area contributed by atoms with Crippen LogP contribution in [0, 0.1) is 0 Å². The van der Waals surface area contributed by atoms with Gasteiger partial charge in [0.05, 0.1) is 47.6 Å². The molecule has 2 fully saturated rings. The molecule has 0 spiro atoms. The van der Waals surface area contributed by atoms with Gasteiger partial charge < -0.3 is 15.0 Å². The molecule has 0 unspecified atom stereocenters. The average Bonchev–Trinajstić information content (AvgIpc) is 3.27. The van der Waals surface area contributed by atoms with Gasteiger partial charge in [0.15, 0.2) is 0 Å². The fourth-order valence-electron chi connectivity index (χ4n) is 4.17.